The zero-order chi connectivity index (χ0) is 19.2. The van der Waals surface area contributed by atoms with Gasteiger partial charge in [-0.2, -0.15) is 4.41 Å². The van der Waals surface area contributed by atoms with Crippen LogP contribution in [0.2, 0.25) is 0 Å². The van der Waals surface area contributed by atoms with Crippen LogP contribution in [0.3, 0.4) is 0 Å². The van der Waals surface area contributed by atoms with E-state index in [2.05, 4.69) is 0 Å². The first-order chi connectivity index (χ1) is 12.4. The number of carbonyl (C=O) groups excluding carboxylic acids is 2. The molecule has 0 atom stereocenters. The molecule has 0 N–H and O–H groups in total. The van der Waals surface area contributed by atoms with Crippen LogP contribution in [0.4, 0.5) is 0 Å². The third kappa shape index (κ3) is 4.86. The average Bonchev–Trinajstić information content (AvgIpc) is 2.64. The fourth-order valence-corrected chi connectivity index (χ4v) is 3.08. The van der Waals surface area contributed by atoms with Gasteiger partial charge in [0.2, 0.25) is 0 Å². The van der Waals surface area contributed by atoms with Crippen molar-refractivity contribution < 1.29 is 13.8 Å². The highest BCUT2D eigenvalue weighted by atomic mass is 32.2. The number of hydrogen-bond acceptors (Lipinski definition) is 4. The first kappa shape index (κ1) is 20.0. The number of nitrogens with zero attached hydrogens (tertiary/aromatic N) is 2. The van der Waals surface area contributed by atoms with Crippen molar-refractivity contribution in [1.82, 2.24) is 9.42 Å². The Morgan fingerprint density at radius 1 is 0.885 bits per heavy atom. The van der Waals surface area contributed by atoms with E-state index in [0.717, 1.165) is 12.2 Å². The highest BCUT2D eigenvalue weighted by Gasteiger charge is 2.37. The van der Waals surface area contributed by atoms with Crippen molar-refractivity contribution in [2.24, 2.45) is 0 Å². The van der Waals surface area contributed by atoms with Crippen molar-refractivity contribution >= 4 is 24.0 Å². The van der Waals surface area contributed by atoms with E-state index in [1.807, 2.05) is 39.8 Å². The van der Waals surface area contributed by atoms with Gasteiger partial charge in [0.25, 0.3) is 11.8 Å². The fourth-order valence-electron chi connectivity index (χ4n) is 2.31. The van der Waals surface area contributed by atoms with E-state index in [4.69, 9.17) is 4.18 Å². The number of rotatable bonds is 5. The molecule has 0 spiro atoms. The maximum atomic E-state index is 13.2. The van der Waals surface area contributed by atoms with E-state index in [9.17, 15) is 9.59 Å². The quantitative estimate of drug-likeness (QED) is 0.438. The molecular formula is C20H24N2O3S. The topological polar surface area (TPSA) is 49.9 Å². The molecule has 0 saturated heterocycles. The predicted molar refractivity (Wildman–Crippen MR) is 104 cm³/mol. The van der Waals surface area contributed by atoms with Gasteiger partial charge in [-0.15, -0.1) is 0 Å². The summed E-state index contributed by atoms with van der Waals surface area (Å²) in [6.07, 6.45) is 0. The summed E-state index contributed by atoms with van der Waals surface area (Å²) in [5.74, 6) is -0.585. The largest absolute Gasteiger partial charge is 0.296 e. The molecule has 0 saturated carbocycles. The standard InChI is InChI=1S/C20H24N2O3S/c1-5-25-26-22(19(24)17-14-10-7-11-15-17)21(20(2,3)4)18(23)16-12-8-6-9-13-16/h6-15H,5H2,1-4H3. The summed E-state index contributed by atoms with van der Waals surface area (Å²) in [7, 11) is 0. The lowest BCUT2D eigenvalue weighted by atomic mass is 10.1. The fraction of sp³-hybridized carbons (Fsp3) is 0.300. The highest BCUT2D eigenvalue weighted by molar-refractivity contribution is 7.92. The van der Waals surface area contributed by atoms with Crippen molar-refractivity contribution in [3.05, 3.63) is 71.8 Å². The SMILES string of the molecule is CCOSN(C(=O)c1ccccc1)N(C(=O)c1ccccc1)C(C)(C)C. The summed E-state index contributed by atoms with van der Waals surface area (Å²) in [6.45, 7) is 7.88. The van der Waals surface area contributed by atoms with E-state index in [1.54, 1.807) is 48.5 Å². The lowest BCUT2D eigenvalue weighted by Crippen LogP contribution is -2.55. The van der Waals surface area contributed by atoms with Crippen LogP contribution in [-0.4, -0.2) is 33.4 Å². The molecule has 0 aromatic heterocycles. The first-order valence-electron chi connectivity index (χ1n) is 8.45. The zero-order valence-electron chi connectivity index (χ0n) is 15.5. The van der Waals surface area contributed by atoms with Gasteiger partial charge in [-0.1, -0.05) is 36.4 Å². The minimum absolute atomic E-state index is 0.269. The normalized spacial score (nSPS) is 11.1. The molecule has 0 bridgehead atoms. The molecule has 2 aromatic carbocycles. The van der Waals surface area contributed by atoms with E-state index < -0.39 is 5.54 Å². The maximum absolute atomic E-state index is 13.2. The molecule has 2 rings (SSSR count). The van der Waals surface area contributed by atoms with Crippen molar-refractivity contribution in [2.75, 3.05) is 6.61 Å². The van der Waals surface area contributed by atoms with Crippen molar-refractivity contribution in [1.29, 1.82) is 0 Å². The lowest BCUT2D eigenvalue weighted by molar-refractivity contribution is -0.00296. The van der Waals surface area contributed by atoms with Crippen LogP contribution < -0.4 is 0 Å². The molecule has 138 valence electrons. The Kier molecular flexibility index (Phi) is 6.83. The van der Waals surface area contributed by atoms with Gasteiger partial charge in [0.1, 0.15) is 12.2 Å². The summed E-state index contributed by atoms with van der Waals surface area (Å²) in [5, 5.41) is 1.44. The minimum atomic E-state index is -0.637. The maximum Gasteiger partial charge on any atom is 0.284 e. The van der Waals surface area contributed by atoms with Gasteiger partial charge in [-0.05, 0) is 52.0 Å². The van der Waals surface area contributed by atoms with E-state index in [0.29, 0.717) is 17.7 Å². The molecule has 5 nitrogen and oxygen atoms in total. The Hall–Kier alpha value is -2.31. The monoisotopic (exact) mass is 372 g/mol. The van der Waals surface area contributed by atoms with Crippen LogP contribution in [0.15, 0.2) is 60.7 Å². The molecule has 0 aliphatic carbocycles. The average molecular weight is 372 g/mol. The van der Waals surface area contributed by atoms with Gasteiger partial charge in [-0.25, -0.2) is 5.01 Å². The second kappa shape index (κ2) is 8.87. The van der Waals surface area contributed by atoms with E-state index in [-0.39, 0.29) is 11.8 Å². The molecule has 6 heteroatoms. The third-order valence-electron chi connectivity index (χ3n) is 3.47. The molecule has 0 radical (unpaired) electrons. The Labute approximate surface area is 159 Å². The van der Waals surface area contributed by atoms with Gasteiger partial charge in [0.05, 0.1) is 12.1 Å². The summed E-state index contributed by atoms with van der Waals surface area (Å²) in [4.78, 5) is 26.3. The van der Waals surface area contributed by atoms with Crippen LogP contribution >= 0.6 is 12.2 Å². The Morgan fingerprint density at radius 2 is 1.35 bits per heavy atom. The van der Waals surface area contributed by atoms with Gasteiger partial charge >= 0.3 is 0 Å². The Morgan fingerprint density at radius 3 is 1.77 bits per heavy atom. The van der Waals surface area contributed by atoms with Crippen LogP contribution in [0, 0.1) is 0 Å². The summed E-state index contributed by atoms with van der Waals surface area (Å²) in [5.41, 5.74) is 0.349. The first-order valence-corrected chi connectivity index (χ1v) is 9.14. The van der Waals surface area contributed by atoms with Crippen LogP contribution in [0.5, 0.6) is 0 Å². The second-order valence-corrected chi connectivity index (χ2v) is 7.31. The van der Waals surface area contributed by atoms with Crippen molar-refractivity contribution in [3.63, 3.8) is 0 Å². The predicted octanol–water partition coefficient (Wildman–Crippen LogP) is 4.58. The summed E-state index contributed by atoms with van der Waals surface area (Å²) >= 11 is 0.871. The van der Waals surface area contributed by atoms with Crippen molar-refractivity contribution in [3.8, 4) is 0 Å². The van der Waals surface area contributed by atoms with Crippen molar-refractivity contribution in [2.45, 2.75) is 33.2 Å². The van der Waals surface area contributed by atoms with E-state index >= 15 is 0 Å². The Bertz CT molecular complexity index is 730. The van der Waals surface area contributed by atoms with Crippen LogP contribution in [-0.2, 0) is 4.18 Å². The smallest absolute Gasteiger partial charge is 0.284 e. The molecule has 2 aromatic rings. The number of carbonyl (C=O) groups is 2. The zero-order valence-corrected chi connectivity index (χ0v) is 16.3. The van der Waals surface area contributed by atoms with Gasteiger partial charge in [-0.3, -0.25) is 13.8 Å². The molecule has 0 aliphatic heterocycles. The number of hydrogen-bond donors (Lipinski definition) is 0. The number of amides is 2. The summed E-state index contributed by atoms with van der Waals surface area (Å²) in [6, 6.07) is 17.8. The highest BCUT2D eigenvalue weighted by Crippen LogP contribution is 2.28. The molecule has 0 unspecified atom stereocenters. The molecule has 26 heavy (non-hydrogen) atoms. The van der Waals surface area contributed by atoms with Gasteiger partial charge in [0, 0.05) is 11.1 Å². The lowest BCUT2D eigenvalue weighted by Gasteiger charge is -2.41. The second-order valence-electron chi connectivity index (χ2n) is 6.58. The number of hydrazine groups is 1. The van der Waals surface area contributed by atoms with E-state index in [1.165, 1.54) is 9.42 Å². The summed E-state index contributed by atoms with van der Waals surface area (Å²) < 4.78 is 6.73. The van der Waals surface area contributed by atoms with Crippen LogP contribution in [0.25, 0.3) is 0 Å². The minimum Gasteiger partial charge on any atom is -0.296 e. The molecule has 0 fully saturated rings. The molecule has 0 aliphatic rings. The Balaban J connectivity index is 2.45. The van der Waals surface area contributed by atoms with Gasteiger partial charge in [0.15, 0.2) is 0 Å². The molecular weight excluding hydrogens is 348 g/mol. The molecule has 0 heterocycles. The van der Waals surface area contributed by atoms with Gasteiger partial charge < -0.3 is 0 Å². The number of benzene rings is 2. The van der Waals surface area contributed by atoms with Crippen LogP contribution in [0.1, 0.15) is 48.4 Å². The third-order valence-corrected chi connectivity index (χ3v) is 4.28. The molecule has 2 amide bonds.